The molecule has 0 unspecified atom stereocenters. The highest BCUT2D eigenvalue weighted by Crippen LogP contribution is 2.22. The van der Waals surface area contributed by atoms with Crippen molar-refractivity contribution >= 4 is 23.1 Å². The van der Waals surface area contributed by atoms with Crippen molar-refractivity contribution in [2.45, 2.75) is 26.7 Å². The van der Waals surface area contributed by atoms with Gasteiger partial charge in [0.2, 0.25) is 0 Å². The number of ether oxygens (including phenoxy) is 1. The Morgan fingerprint density at radius 2 is 1.81 bits per heavy atom. The van der Waals surface area contributed by atoms with Gasteiger partial charge in [-0.3, -0.25) is 0 Å². The predicted molar refractivity (Wildman–Crippen MR) is 93.3 cm³/mol. The molecular weight excluding hydrogens is 278 g/mol. The molecule has 3 heteroatoms. The van der Waals surface area contributed by atoms with Crippen LogP contribution in [0.2, 0.25) is 0 Å². The first-order valence-corrected chi connectivity index (χ1v) is 7.50. The van der Waals surface area contributed by atoms with Crippen molar-refractivity contribution in [1.29, 1.82) is 0 Å². The first-order valence-electron chi connectivity index (χ1n) is 7.09. The van der Waals surface area contributed by atoms with Gasteiger partial charge >= 0.3 is 0 Å². The van der Waals surface area contributed by atoms with Gasteiger partial charge in [-0.1, -0.05) is 38.1 Å². The molecule has 0 aliphatic carbocycles. The van der Waals surface area contributed by atoms with Crippen LogP contribution in [-0.4, -0.2) is 12.2 Å². The Kier molecular flexibility index (Phi) is 4.97. The molecule has 0 bridgehead atoms. The Balaban J connectivity index is 2.12. The van der Waals surface area contributed by atoms with E-state index in [0.29, 0.717) is 11.1 Å². The van der Waals surface area contributed by atoms with Crippen molar-refractivity contribution in [1.82, 2.24) is 0 Å². The lowest BCUT2D eigenvalue weighted by atomic mass is 10.0. The van der Waals surface area contributed by atoms with Gasteiger partial charge in [-0.2, -0.15) is 0 Å². The highest BCUT2D eigenvalue weighted by atomic mass is 32.1. The molecule has 21 heavy (non-hydrogen) atoms. The summed E-state index contributed by atoms with van der Waals surface area (Å²) in [7, 11) is 1.92. The number of benzene rings is 2. The molecule has 0 aliphatic rings. The topological polar surface area (TPSA) is 12.5 Å². The van der Waals surface area contributed by atoms with E-state index in [4.69, 9.17) is 17.0 Å². The maximum Gasteiger partial charge on any atom is 0.269 e. The summed E-state index contributed by atoms with van der Waals surface area (Å²) in [5, 5.41) is 0.446. The van der Waals surface area contributed by atoms with E-state index in [-0.39, 0.29) is 0 Å². The summed E-state index contributed by atoms with van der Waals surface area (Å²) in [6, 6.07) is 16.3. The van der Waals surface area contributed by atoms with Crippen molar-refractivity contribution in [2.24, 2.45) is 0 Å². The van der Waals surface area contributed by atoms with Crippen LogP contribution in [0.3, 0.4) is 0 Å². The second kappa shape index (κ2) is 6.72. The Labute approximate surface area is 132 Å². The fourth-order valence-electron chi connectivity index (χ4n) is 2.05. The fraction of sp³-hybridized carbons (Fsp3) is 0.278. The third-order valence-corrected chi connectivity index (χ3v) is 3.75. The quantitative estimate of drug-likeness (QED) is 0.747. The summed E-state index contributed by atoms with van der Waals surface area (Å²) >= 11 is 5.40. The van der Waals surface area contributed by atoms with Crippen LogP contribution in [-0.2, 0) is 0 Å². The average molecular weight is 299 g/mol. The van der Waals surface area contributed by atoms with Gasteiger partial charge in [-0.25, -0.2) is 0 Å². The summed E-state index contributed by atoms with van der Waals surface area (Å²) in [5.41, 5.74) is 3.47. The zero-order valence-electron chi connectivity index (χ0n) is 13.0. The number of anilines is 1. The Bertz CT molecular complexity index is 637. The van der Waals surface area contributed by atoms with Crippen molar-refractivity contribution in [3.8, 4) is 5.75 Å². The first kappa shape index (κ1) is 15.5. The molecule has 110 valence electrons. The third-order valence-electron chi connectivity index (χ3n) is 3.39. The van der Waals surface area contributed by atoms with E-state index >= 15 is 0 Å². The summed E-state index contributed by atoms with van der Waals surface area (Å²) in [6.45, 7) is 6.39. The van der Waals surface area contributed by atoms with Gasteiger partial charge in [0.15, 0.2) is 0 Å². The summed E-state index contributed by atoms with van der Waals surface area (Å²) in [6.07, 6.45) is 0. The van der Waals surface area contributed by atoms with Gasteiger partial charge in [-0.05, 0) is 60.5 Å². The Morgan fingerprint density at radius 3 is 2.48 bits per heavy atom. The zero-order valence-corrected chi connectivity index (χ0v) is 13.8. The monoisotopic (exact) mass is 299 g/mol. The number of hydrogen-bond acceptors (Lipinski definition) is 2. The second-order valence-corrected chi connectivity index (χ2v) is 5.84. The minimum Gasteiger partial charge on any atom is -0.432 e. The van der Waals surface area contributed by atoms with Crippen LogP contribution in [0.4, 0.5) is 5.69 Å². The van der Waals surface area contributed by atoms with Gasteiger partial charge in [0.1, 0.15) is 5.75 Å². The molecule has 0 radical (unpaired) electrons. The lowest BCUT2D eigenvalue weighted by Crippen LogP contribution is -2.29. The number of nitrogens with zero attached hydrogens (tertiary/aromatic N) is 1. The van der Waals surface area contributed by atoms with Gasteiger partial charge < -0.3 is 9.64 Å². The van der Waals surface area contributed by atoms with Gasteiger partial charge in [0.25, 0.3) is 5.17 Å². The van der Waals surface area contributed by atoms with Crippen LogP contribution in [0.1, 0.15) is 30.9 Å². The van der Waals surface area contributed by atoms with Crippen LogP contribution >= 0.6 is 12.2 Å². The van der Waals surface area contributed by atoms with Crippen LogP contribution < -0.4 is 9.64 Å². The van der Waals surface area contributed by atoms with E-state index < -0.39 is 0 Å². The fourth-order valence-corrected chi connectivity index (χ4v) is 2.25. The standard InChI is InChI=1S/C18H21NOS/c1-13(2)15-8-6-10-17(12-15)20-18(21)19(4)16-9-5-7-14(3)11-16/h5-13H,1-4H3. The SMILES string of the molecule is Cc1cccc(N(C)C(=S)Oc2cccc(C(C)C)c2)c1. The van der Waals surface area contributed by atoms with E-state index in [2.05, 4.69) is 39.0 Å². The molecule has 2 aromatic carbocycles. The molecule has 0 heterocycles. The molecule has 0 saturated carbocycles. The number of thiocarbonyl (C=S) groups is 1. The van der Waals surface area contributed by atoms with Crippen LogP contribution in [0.25, 0.3) is 0 Å². The minimum atomic E-state index is 0.446. The maximum atomic E-state index is 5.82. The van der Waals surface area contributed by atoms with E-state index in [1.165, 1.54) is 11.1 Å². The summed E-state index contributed by atoms with van der Waals surface area (Å²) in [4.78, 5) is 1.88. The molecule has 2 nitrogen and oxygen atoms in total. The van der Waals surface area contributed by atoms with Gasteiger partial charge in [0, 0.05) is 12.7 Å². The number of aryl methyl sites for hydroxylation is 1. The van der Waals surface area contributed by atoms with E-state index in [1.807, 2.05) is 42.3 Å². The Hall–Kier alpha value is -1.87. The highest BCUT2D eigenvalue weighted by Gasteiger charge is 2.10. The van der Waals surface area contributed by atoms with Crippen molar-refractivity contribution in [2.75, 3.05) is 11.9 Å². The number of hydrogen-bond donors (Lipinski definition) is 0. The maximum absolute atomic E-state index is 5.82. The van der Waals surface area contributed by atoms with Crippen molar-refractivity contribution < 1.29 is 4.74 Å². The Morgan fingerprint density at radius 1 is 1.10 bits per heavy atom. The molecule has 0 saturated heterocycles. The molecule has 0 aliphatic heterocycles. The van der Waals surface area contributed by atoms with Crippen molar-refractivity contribution in [3.63, 3.8) is 0 Å². The van der Waals surface area contributed by atoms with E-state index in [1.54, 1.807) is 0 Å². The van der Waals surface area contributed by atoms with Crippen molar-refractivity contribution in [3.05, 3.63) is 59.7 Å². The van der Waals surface area contributed by atoms with E-state index in [9.17, 15) is 0 Å². The van der Waals surface area contributed by atoms with Gasteiger partial charge in [0.05, 0.1) is 0 Å². The molecule has 0 amide bonds. The lowest BCUT2D eigenvalue weighted by Gasteiger charge is -2.20. The normalized spacial score (nSPS) is 10.5. The summed E-state index contributed by atoms with van der Waals surface area (Å²) < 4.78 is 5.82. The van der Waals surface area contributed by atoms with E-state index in [0.717, 1.165) is 11.4 Å². The third kappa shape index (κ3) is 4.05. The average Bonchev–Trinajstić information content (AvgIpc) is 2.46. The molecule has 0 N–H and O–H groups in total. The highest BCUT2D eigenvalue weighted by molar-refractivity contribution is 7.80. The molecule has 2 aromatic rings. The molecule has 0 fully saturated rings. The zero-order chi connectivity index (χ0) is 15.4. The molecule has 2 rings (SSSR count). The van der Waals surface area contributed by atoms with Crippen LogP contribution in [0, 0.1) is 6.92 Å². The van der Waals surface area contributed by atoms with Crippen LogP contribution in [0.5, 0.6) is 5.75 Å². The predicted octanol–water partition coefficient (Wildman–Crippen LogP) is 4.92. The second-order valence-electron chi connectivity index (χ2n) is 5.49. The van der Waals surface area contributed by atoms with Crippen LogP contribution in [0.15, 0.2) is 48.5 Å². The molecule has 0 atom stereocenters. The molecule has 0 aromatic heterocycles. The largest absolute Gasteiger partial charge is 0.432 e. The first-order chi connectivity index (χ1) is 9.97. The smallest absolute Gasteiger partial charge is 0.269 e. The minimum absolute atomic E-state index is 0.446. The van der Waals surface area contributed by atoms with Gasteiger partial charge in [-0.15, -0.1) is 0 Å². The number of rotatable bonds is 3. The lowest BCUT2D eigenvalue weighted by molar-refractivity contribution is 0.550. The molecule has 0 spiro atoms. The molecular formula is C18H21NOS. The summed E-state index contributed by atoms with van der Waals surface area (Å²) in [5.74, 6) is 1.25.